The van der Waals surface area contributed by atoms with E-state index in [9.17, 15) is 14.7 Å². The van der Waals surface area contributed by atoms with Gasteiger partial charge in [-0.2, -0.15) is 0 Å². The summed E-state index contributed by atoms with van der Waals surface area (Å²) in [7, 11) is 2.99. The number of nitrogens with zero attached hydrogens (tertiary/aromatic N) is 1. The summed E-state index contributed by atoms with van der Waals surface area (Å²) in [6, 6.07) is 14.1. The van der Waals surface area contributed by atoms with Gasteiger partial charge in [0.25, 0.3) is 5.91 Å². The van der Waals surface area contributed by atoms with Gasteiger partial charge in [-0.3, -0.25) is 4.79 Å². The number of carbonyl (C=O) groups excluding carboxylic acids is 1. The largest absolute Gasteiger partial charge is 0.496 e. The highest BCUT2D eigenvalue weighted by Gasteiger charge is 2.29. The van der Waals surface area contributed by atoms with Crippen LogP contribution >= 0.6 is 0 Å². The van der Waals surface area contributed by atoms with Crippen LogP contribution in [0.1, 0.15) is 18.4 Å². The van der Waals surface area contributed by atoms with Crippen LogP contribution in [0.3, 0.4) is 0 Å². The number of rotatable bonds is 9. The Kier molecular flexibility index (Phi) is 8.21. The Morgan fingerprint density at radius 2 is 1.81 bits per heavy atom. The molecule has 0 aliphatic carbocycles. The van der Waals surface area contributed by atoms with Crippen LogP contribution in [0.25, 0.3) is 11.1 Å². The molecule has 1 aliphatic heterocycles. The average Bonchev–Trinajstić information content (AvgIpc) is 2.83. The second-order valence-electron chi connectivity index (χ2n) is 7.51. The minimum Gasteiger partial charge on any atom is -0.496 e. The van der Waals surface area contributed by atoms with Crippen LogP contribution in [-0.2, 0) is 25.6 Å². The highest BCUT2D eigenvalue weighted by Crippen LogP contribution is 2.29. The van der Waals surface area contributed by atoms with Gasteiger partial charge >= 0.3 is 5.97 Å². The number of hydrogen-bond donors (Lipinski definition) is 2. The van der Waals surface area contributed by atoms with Gasteiger partial charge in [0, 0.05) is 31.1 Å². The summed E-state index contributed by atoms with van der Waals surface area (Å²) in [6.07, 6.45) is 1.41. The van der Waals surface area contributed by atoms with Crippen molar-refractivity contribution in [2.45, 2.75) is 25.3 Å². The molecule has 3 rings (SSSR count). The average molecular weight is 440 g/mol. The fourth-order valence-electron chi connectivity index (χ4n) is 3.74. The molecule has 8 nitrogen and oxygen atoms in total. The normalized spacial score (nSPS) is 15.6. The first kappa shape index (κ1) is 23.3. The maximum atomic E-state index is 12.8. The van der Waals surface area contributed by atoms with Gasteiger partial charge < -0.3 is 24.7 Å². The van der Waals surface area contributed by atoms with Gasteiger partial charge in [0.15, 0.2) is 0 Å². The number of methoxy groups -OCH3 is 1. The highest BCUT2D eigenvalue weighted by molar-refractivity contribution is 6.39. The van der Waals surface area contributed by atoms with Crippen molar-refractivity contribution in [3.63, 3.8) is 0 Å². The zero-order valence-electron chi connectivity index (χ0n) is 18.2. The Hall–Kier alpha value is -3.39. The number of carboxylic acid groups (broad SMARTS) is 1. The number of ether oxygens (including phenoxy) is 2. The molecule has 1 amide bonds. The molecule has 0 spiro atoms. The summed E-state index contributed by atoms with van der Waals surface area (Å²) >= 11 is 0. The molecule has 1 atom stereocenters. The quantitative estimate of drug-likeness (QED) is 0.459. The predicted octanol–water partition coefficient (Wildman–Crippen LogP) is 2.90. The maximum Gasteiger partial charge on any atom is 0.326 e. The lowest BCUT2D eigenvalue weighted by Crippen LogP contribution is -2.47. The minimum absolute atomic E-state index is 0.127. The molecule has 8 heteroatoms. The Balaban J connectivity index is 1.71. The van der Waals surface area contributed by atoms with Crippen molar-refractivity contribution >= 4 is 17.6 Å². The lowest BCUT2D eigenvalue weighted by molar-refractivity contribution is -0.141. The number of aliphatic carboxylic acids is 1. The molecular weight excluding hydrogens is 412 g/mol. The van der Waals surface area contributed by atoms with Crippen molar-refractivity contribution in [1.29, 1.82) is 0 Å². The van der Waals surface area contributed by atoms with Crippen molar-refractivity contribution < 1.29 is 29.0 Å². The Morgan fingerprint density at radius 1 is 1.12 bits per heavy atom. The van der Waals surface area contributed by atoms with Gasteiger partial charge in [-0.25, -0.2) is 4.79 Å². The van der Waals surface area contributed by atoms with E-state index in [-0.39, 0.29) is 18.1 Å². The smallest absolute Gasteiger partial charge is 0.326 e. The Morgan fingerprint density at radius 3 is 2.44 bits per heavy atom. The minimum atomic E-state index is -1.11. The number of carboxylic acids is 1. The molecular formula is C24H28N2O6. The third kappa shape index (κ3) is 5.85. The second-order valence-corrected chi connectivity index (χ2v) is 7.51. The molecule has 1 aliphatic rings. The van der Waals surface area contributed by atoms with E-state index < -0.39 is 17.9 Å². The lowest BCUT2D eigenvalue weighted by Gasteiger charge is -2.23. The van der Waals surface area contributed by atoms with Crippen molar-refractivity contribution in [2.75, 3.05) is 27.4 Å². The summed E-state index contributed by atoms with van der Waals surface area (Å²) in [5.74, 6) is -1.01. The fraction of sp³-hybridized carbons (Fsp3) is 0.375. The van der Waals surface area contributed by atoms with Gasteiger partial charge in [-0.15, -0.1) is 0 Å². The SMILES string of the molecule is CO/N=C(/C(=O)N[C@@H](Cc1ccc(-c2ccccc2OC)cc1)C(=O)O)C1CCOCC1. The van der Waals surface area contributed by atoms with Gasteiger partial charge in [-0.05, 0) is 30.0 Å². The van der Waals surface area contributed by atoms with Crippen LogP contribution in [0, 0.1) is 5.92 Å². The second kappa shape index (κ2) is 11.3. The Bertz CT molecular complexity index is 951. The maximum absolute atomic E-state index is 12.8. The van der Waals surface area contributed by atoms with Gasteiger partial charge in [0.05, 0.1) is 7.11 Å². The van der Waals surface area contributed by atoms with E-state index in [1.165, 1.54) is 7.11 Å². The zero-order valence-corrected chi connectivity index (χ0v) is 18.2. The topological polar surface area (TPSA) is 106 Å². The van der Waals surface area contributed by atoms with Gasteiger partial charge in [0.1, 0.15) is 24.6 Å². The number of carbonyl (C=O) groups is 2. The van der Waals surface area contributed by atoms with E-state index in [1.54, 1.807) is 7.11 Å². The molecule has 0 bridgehead atoms. The molecule has 2 aromatic carbocycles. The third-order valence-electron chi connectivity index (χ3n) is 5.45. The monoisotopic (exact) mass is 440 g/mol. The van der Waals surface area contributed by atoms with Gasteiger partial charge in [-0.1, -0.05) is 47.6 Å². The zero-order chi connectivity index (χ0) is 22.9. The summed E-state index contributed by atoms with van der Waals surface area (Å²) in [5.41, 5.74) is 2.89. The van der Waals surface area contributed by atoms with E-state index in [1.807, 2.05) is 48.5 Å². The van der Waals surface area contributed by atoms with E-state index in [0.29, 0.717) is 26.1 Å². The molecule has 1 heterocycles. The number of nitrogens with one attached hydrogen (secondary N) is 1. The Labute approximate surface area is 187 Å². The number of para-hydroxylation sites is 1. The molecule has 170 valence electrons. The molecule has 0 saturated carbocycles. The first-order valence-corrected chi connectivity index (χ1v) is 10.5. The van der Waals surface area contributed by atoms with Gasteiger partial charge in [0.2, 0.25) is 0 Å². The predicted molar refractivity (Wildman–Crippen MR) is 120 cm³/mol. The number of benzene rings is 2. The summed E-state index contributed by atoms with van der Waals surface area (Å²) in [5, 5.41) is 16.2. The van der Waals surface area contributed by atoms with E-state index in [0.717, 1.165) is 22.4 Å². The summed E-state index contributed by atoms with van der Waals surface area (Å²) in [6.45, 7) is 1.06. The highest BCUT2D eigenvalue weighted by atomic mass is 16.6. The number of amides is 1. The molecule has 1 saturated heterocycles. The van der Waals surface area contributed by atoms with Crippen molar-refractivity contribution in [3.8, 4) is 16.9 Å². The third-order valence-corrected chi connectivity index (χ3v) is 5.45. The van der Waals surface area contributed by atoms with Crippen molar-refractivity contribution in [3.05, 3.63) is 54.1 Å². The number of oxime groups is 1. The van der Waals surface area contributed by atoms with Crippen LogP contribution in [0.2, 0.25) is 0 Å². The molecule has 0 radical (unpaired) electrons. The van der Waals surface area contributed by atoms with Crippen molar-refractivity contribution in [2.24, 2.45) is 11.1 Å². The molecule has 32 heavy (non-hydrogen) atoms. The van der Waals surface area contributed by atoms with Crippen LogP contribution in [0.5, 0.6) is 5.75 Å². The van der Waals surface area contributed by atoms with E-state index in [4.69, 9.17) is 14.3 Å². The molecule has 1 fully saturated rings. The van der Waals surface area contributed by atoms with Crippen LogP contribution in [0.15, 0.2) is 53.7 Å². The summed E-state index contributed by atoms with van der Waals surface area (Å²) < 4.78 is 10.7. The number of hydrogen-bond acceptors (Lipinski definition) is 6. The standard InChI is InChI=1S/C24H28N2O6/c1-30-21-6-4-3-5-19(21)17-9-7-16(8-10-17)15-20(24(28)29)25-23(27)22(26-31-2)18-11-13-32-14-12-18/h3-10,18,20H,11-15H2,1-2H3,(H,25,27)(H,28,29)/b26-22+/t20-/m0/s1. The van der Waals surface area contributed by atoms with Crippen LogP contribution in [-0.4, -0.2) is 56.2 Å². The fourth-order valence-corrected chi connectivity index (χ4v) is 3.74. The first-order chi connectivity index (χ1) is 15.5. The van der Waals surface area contributed by atoms with E-state index in [2.05, 4.69) is 10.5 Å². The van der Waals surface area contributed by atoms with Crippen LogP contribution in [0.4, 0.5) is 0 Å². The molecule has 2 N–H and O–H groups in total. The first-order valence-electron chi connectivity index (χ1n) is 10.5. The van der Waals surface area contributed by atoms with Crippen molar-refractivity contribution in [1.82, 2.24) is 5.32 Å². The molecule has 2 aromatic rings. The summed E-state index contributed by atoms with van der Waals surface area (Å²) in [4.78, 5) is 29.5. The molecule has 0 aromatic heterocycles. The van der Waals surface area contributed by atoms with E-state index >= 15 is 0 Å². The van der Waals surface area contributed by atoms with Crippen LogP contribution < -0.4 is 10.1 Å². The lowest BCUT2D eigenvalue weighted by atomic mass is 9.93. The molecule has 0 unspecified atom stereocenters.